The molecule has 0 aromatic heterocycles. The van der Waals surface area contributed by atoms with Crippen molar-refractivity contribution in [3.8, 4) is 0 Å². The molecule has 1 N–H and O–H groups in total. The smallest absolute Gasteiger partial charge is 0.0107 e. The summed E-state index contributed by atoms with van der Waals surface area (Å²) in [5.41, 5.74) is 0. The van der Waals surface area contributed by atoms with E-state index in [4.69, 9.17) is 0 Å². The van der Waals surface area contributed by atoms with E-state index in [0.717, 1.165) is 5.92 Å². The van der Waals surface area contributed by atoms with Crippen LogP contribution in [0.3, 0.4) is 0 Å². The van der Waals surface area contributed by atoms with Crippen molar-refractivity contribution in [2.45, 2.75) is 46.0 Å². The highest BCUT2D eigenvalue weighted by Crippen LogP contribution is 2.14. The van der Waals surface area contributed by atoms with Crippen LogP contribution in [0, 0.1) is 5.92 Å². The van der Waals surface area contributed by atoms with E-state index in [2.05, 4.69) is 24.1 Å². The highest BCUT2D eigenvalue weighted by atomic mass is 15.1. The Balaban J connectivity index is 2.22. The summed E-state index contributed by atoms with van der Waals surface area (Å²) < 4.78 is 0. The number of hydrogen-bond donors (Lipinski definition) is 1. The molecule has 1 saturated heterocycles. The molecule has 0 aliphatic carbocycles. The third-order valence-electron chi connectivity index (χ3n) is 3.49. The minimum atomic E-state index is 0.933. The molecule has 15 heavy (non-hydrogen) atoms. The Kier molecular flexibility index (Phi) is 7.03. The largest absolute Gasteiger partial charge is 0.315 e. The molecule has 2 nitrogen and oxygen atoms in total. The maximum Gasteiger partial charge on any atom is 0.0107 e. The van der Waals surface area contributed by atoms with E-state index in [1.807, 2.05) is 0 Å². The van der Waals surface area contributed by atoms with Crippen LogP contribution in [-0.4, -0.2) is 37.6 Å². The minimum absolute atomic E-state index is 0.933. The van der Waals surface area contributed by atoms with Crippen LogP contribution < -0.4 is 5.32 Å². The summed E-state index contributed by atoms with van der Waals surface area (Å²) in [6.07, 6.45) is 6.85. The minimum Gasteiger partial charge on any atom is -0.315 e. The fourth-order valence-electron chi connectivity index (χ4n) is 2.37. The molecule has 1 atom stereocenters. The van der Waals surface area contributed by atoms with Gasteiger partial charge in [-0.3, -0.25) is 0 Å². The van der Waals surface area contributed by atoms with E-state index in [1.165, 1.54) is 64.8 Å². The van der Waals surface area contributed by atoms with Gasteiger partial charge in [-0.1, -0.05) is 33.1 Å². The van der Waals surface area contributed by atoms with Crippen molar-refractivity contribution >= 4 is 0 Å². The molecular formula is C13H28N2. The van der Waals surface area contributed by atoms with E-state index < -0.39 is 0 Å². The Hall–Kier alpha value is -0.0800. The summed E-state index contributed by atoms with van der Waals surface area (Å²) in [5, 5.41) is 3.47. The van der Waals surface area contributed by atoms with Crippen molar-refractivity contribution in [2.75, 3.05) is 32.7 Å². The van der Waals surface area contributed by atoms with Gasteiger partial charge in [0.15, 0.2) is 0 Å². The number of nitrogens with one attached hydrogen (secondary N) is 1. The van der Waals surface area contributed by atoms with Crippen LogP contribution in [0.5, 0.6) is 0 Å². The summed E-state index contributed by atoms with van der Waals surface area (Å²) in [7, 11) is 0. The zero-order valence-corrected chi connectivity index (χ0v) is 10.6. The predicted molar refractivity (Wildman–Crippen MR) is 67.2 cm³/mol. The lowest BCUT2D eigenvalue weighted by atomic mass is 9.98. The Morgan fingerprint density at radius 3 is 2.80 bits per heavy atom. The molecule has 0 bridgehead atoms. The average molecular weight is 212 g/mol. The lowest BCUT2D eigenvalue weighted by Crippen LogP contribution is -2.32. The van der Waals surface area contributed by atoms with Gasteiger partial charge in [-0.15, -0.1) is 0 Å². The molecule has 0 aromatic rings. The summed E-state index contributed by atoms with van der Waals surface area (Å²) >= 11 is 0. The first-order valence-electron chi connectivity index (χ1n) is 6.79. The third-order valence-corrected chi connectivity index (χ3v) is 3.49. The average Bonchev–Trinajstić information content (AvgIpc) is 2.52. The van der Waals surface area contributed by atoms with Crippen molar-refractivity contribution < 1.29 is 0 Å². The molecule has 1 aliphatic rings. The zero-order chi connectivity index (χ0) is 10.9. The predicted octanol–water partition coefficient (Wildman–Crippen LogP) is 2.50. The Bertz CT molecular complexity index is 139. The Morgan fingerprint density at radius 1 is 1.20 bits per heavy atom. The molecule has 2 heteroatoms. The van der Waals surface area contributed by atoms with Crippen molar-refractivity contribution in [3.63, 3.8) is 0 Å². The lowest BCUT2D eigenvalue weighted by molar-refractivity contribution is 0.231. The second-order valence-electron chi connectivity index (χ2n) is 4.82. The first kappa shape index (κ1) is 13.0. The molecule has 0 aromatic carbocycles. The Morgan fingerprint density at radius 2 is 2.07 bits per heavy atom. The van der Waals surface area contributed by atoms with Crippen molar-refractivity contribution in [1.29, 1.82) is 0 Å². The van der Waals surface area contributed by atoms with Crippen LogP contribution in [0.1, 0.15) is 46.0 Å². The van der Waals surface area contributed by atoms with Crippen LogP contribution in [0.15, 0.2) is 0 Å². The molecule has 0 unspecified atom stereocenters. The first-order valence-corrected chi connectivity index (χ1v) is 6.79. The maximum absolute atomic E-state index is 3.47. The molecule has 1 aliphatic heterocycles. The summed E-state index contributed by atoms with van der Waals surface area (Å²) in [6.45, 7) is 10.9. The molecule has 0 saturated carbocycles. The van der Waals surface area contributed by atoms with Gasteiger partial charge in [-0.2, -0.15) is 0 Å². The SMILES string of the molecule is CCCC[C@@H](CC)CN1CCCNCC1. The summed E-state index contributed by atoms with van der Waals surface area (Å²) in [5.74, 6) is 0.933. The van der Waals surface area contributed by atoms with E-state index in [9.17, 15) is 0 Å². The third kappa shape index (κ3) is 5.53. The molecule has 1 rings (SSSR count). The van der Waals surface area contributed by atoms with Gasteiger partial charge in [-0.05, 0) is 31.8 Å². The monoisotopic (exact) mass is 212 g/mol. The lowest BCUT2D eigenvalue weighted by Gasteiger charge is -2.25. The Labute approximate surface area is 95.4 Å². The van der Waals surface area contributed by atoms with Crippen molar-refractivity contribution in [3.05, 3.63) is 0 Å². The molecule has 1 fully saturated rings. The van der Waals surface area contributed by atoms with Gasteiger partial charge in [-0.25, -0.2) is 0 Å². The number of rotatable bonds is 6. The van der Waals surface area contributed by atoms with Gasteiger partial charge >= 0.3 is 0 Å². The van der Waals surface area contributed by atoms with Gasteiger partial charge in [0.25, 0.3) is 0 Å². The van der Waals surface area contributed by atoms with Crippen molar-refractivity contribution in [2.24, 2.45) is 5.92 Å². The van der Waals surface area contributed by atoms with Crippen LogP contribution in [0.25, 0.3) is 0 Å². The van der Waals surface area contributed by atoms with E-state index in [0.29, 0.717) is 0 Å². The van der Waals surface area contributed by atoms with Gasteiger partial charge in [0.1, 0.15) is 0 Å². The van der Waals surface area contributed by atoms with Crippen LogP contribution in [-0.2, 0) is 0 Å². The van der Waals surface area contributed by atoms with Gasteiger partial charge in [0.2, 0.25) is 0 Å². The standard InChI is InChI=1S/C13H28N2/c1-3-5-7-13(4-2)12-15-10-6-8-14-9-11-15/h13-14H,3-12H2,1-2H3/t13-/m1/s1. The van der Waals surface area contributed by atoms with Crippen LogP contribution in [0.4, 0.5) is 0 Å². The van der Waals surface area contributed by atoms with E-state index in [-0.39, 0.29) is 0 Å². The van der Waals surface area contributed by atoms with Gasteiger partial charge < -0.3 is 10.2 Å². The van der Waals surface area contributed by atoms with E-state index >= 15 is 0 Å². The number of nitrogens with zero attached hydrogens (tertiary/aromatic N) is 1. The van der Waals surface area contributed by atoms with Crippen molar-refractivity contribution in [1.82, 2.24) is 10.2 Å². The highest BCUT2D eigenvalue weighted by molar-refractivity contribution is 4.69. The van der Waals surface area contributed by atoms with Gasteiger partial charge in [0, 0.05) is 19.6 Å². The molecule has 1 heterocycles. The molecule has 90 valence electrons. The summed E-state index contributed by atoms with van der Waals surface area (Å²) in [4.78, 5) is 2.66. The number of hydrogen-bond acceptors (Lipinski definition) is 2. The van der Waals surface area contributed by atoms with Gasteiger partial charge in [0.05, 0.1) is 0 Å². The second-order valence-corrected chi connectivity index (χ2v) is 4.82. The fourth-order valence-corrected chi connectivity index (χ4v) is 2.37. The first-order chi connectivity index (χ1) is 7.36. The molecule has 0 amide bonds. The fraction of sp³-hybridized carbons (Fsp3) is 1.00. The topological polar surface area (TPSA) is 15.3 Å². The van der Waals surface area contributed by atoms with E-state index in [1.54, 1.807) is 0 Å². The van der Waals surface area contributed by atoms with Crippen LogP contribution >= 0.6 is 0 Å². The second kappa shape index (κ2) is 8.12. The quantitative estimate of drug-likeness (QED) is 0.728. The zero-order valence-electron chi connectivity index (χ0n) is 10.6. The number of unbranched alkanes of at least 4 members (excludes halogenated alkanes) is 1. The maximum atomic E-state index is 3.47. The highest BCUT2D eigenvalue weighted by Gasteiger charge is 2.13. The molecule has 0 spiro atoms. The normalized spacial score (nSPS) is 21.2. The van der Waals surface area contributed by atoms with Crippen LogP contribution in [0.2, 0.25) is 0 Å². The molecular weight excluding hydrogens is 184 g/mol. The molecule has 0 radical (unpaired) electrons. The summed E-state index contributed by atoms with van der Waals surface area (Å²) in [6, 6.07) is 0.